The highest BCUT2D eigenvalue weighted by Gasteiger charge is 2.21. The minimum absolute atomic E-state index is 0.394. The van der Waals surface area contributed by atoms with E-state index >= 15 is 0 Å². The van der Waals surface area contributed by atoms with Crippen LogP contribution in [0.2, 0.25) is 0 Å². The van der Waals surface area contributed by atoms with Crippen molar-refractivity contribution in [2.45, 2.75) is 31.4 Å². The molecule has 2 atom stereocenters. The Balaban J connectivity index is 1.83. The van der Waals surface area contributed by atoms with Crippen LogP contribution in [0.15, 0.2) is 28.7 Å². The highest BCUT2D eigenvalue weighted by molar-refractivity contribution is 9.10. The first kappa shape index (κ1) is 16.0. The van der Waals surface area contributed by atoms with Crippen molar-refractivity contribution in [2.75, 3.05) is 33.7 Å². The molecule has 1 aromatic rings. The largest absolute Gasteiger partial charge is 0.388 e. The van der Waals surface area contributed by atoms with Gasteiger partial charge in [-0.3, -0.25) is 0 Å². The van der Waals surface area contributed by atoms with Crippen molar-refractivity contribution in [3.63, 3.8) is 0 Å². The summed E-state index contributed by atoms with van der Waals surface area (Å²) in [6.07, 6.45) is 2.93. The van der Waals surface area contributed by atoms with Gasteiger partial charge in [0.1, 0.15) is 0 Å². The van der Waals surface area contributed by atoms with Gasteiger partial charge in [0.05, 0.1) is 6.10 Å². The Bertz CT molecular complexity index is 427. The van der Waals surface area contributed by atoms with Crippen LogP contribution in [0.25, 0.3) is 0 Å². The van der Waals surface area contributed by atoms with Crippen molar-refractivity contribution in [3.05, 3.63) is 34.3 Å². The third-order valence-electron chi connectivity index (χ3n) is 4.24. The van der Waals surface area contributed by atoms with Crippen LogP contribution in [-0.2, 0) is 0 Å². The molecule has 1 N–H and O–H groups in total. The molecule has 1 aromatic carbocycles. The van der Waals surface area contributed by atoms with E-state index in [-0.39, 0.29) is 0 Å². The maximum atomic E-state index is 10.3. The molecule has 1 aliphatic heterocycles. The van der Waals surface area contributed by atoms with Crippen LogP contribution in [0.3, 0.4) is 0 Å². The monoisotopic (exact) mass is 340 g/mol. The highest BCUT2D eigenvalue weighted by Crippen LogP contribution is 2.25. The Morgan fingerprint density at radius 3 is 2.90 bits per heavy atom. The van der Waals surface area contributed by atoms with Gasteiger partial charge in [-0.15, -0.1) is 0 Å². The highest BCUT2D eigenvalue weighted by atomic mass is 79.9. The number of rotatable bonds is 5. The number of aliphatic hydroxyl groups excluding tert-OH is 1. The molecule has 20 heavy (non-hydrogen) atoms. The summed E-state index contributed by atoms with van der Waals surface area (Å²) in [6, 6.07) is 8.55. The van der Waals surface area contributed by atoms with E-state index in [0.29, 0.717) is 6.04 Å². The first-order valence-corrected chi connectivity index (χ1v) is 8.18. The Kier molecular flexibility index (Phi) is 6.02. The van der Waals surface area contributed by atoms with E-state index in [9.17, 15) is 5.11 Å². The Morgan fingerprint density at radius 1 is 1.45 bits per heavy atom. The van der Waals surface area contributed by atoms with E-state index in [1.807, 2.05) is 24.3 Å². The fraction of sp³-hybridized carbons (Fsp3) is 0.625. The van der Waals surface area contributed by atoms with Gasteiger partial charge in [0.2, 0.25) is 0 Å². The average Bonchev–Trinajstić information content (AvgIpc) is 2.45. The van der Waals surface area contributed by atoms with Gasteiger partial charge < -0.3 is 14.9 Å². The smallest absolute Gasteiger partial charge is 0.0813 e. The van der Waals surface area contributed by atoms with Gasteiger partial charge in [-0.2, -0.15) is 0 Å². The number of likely N-dealkylation sites (tertiary alicyclic amines) is 1. The minimum atomic E-state index is -0.394. The van der Waals surface area contributed by atoms with Crippen LogP contribution in [0, 0.1) is 0 Å². The Hall–Kier alpha value is -0.420. The number of piperidine rings is 1. The van der Waals surface area contributed by atoms with Gasteiger partial charge in [0.15, 0.2) is 0 Å². The second-order valence-electron chi connectivity index (χ2n) is 5.86. The number of halogens is 1. The summed E-state index contributed by atoms with van der Waals surface area (Å²) in [5.41, 5.74) is 0.988. The summed E-state index contributed by atoms with van der Waals surface area (Å²) in [6.45, 7) is 3.28. The molecular weight excluding hydrogens is 316 g/mol. The number of benzene rings is 1. The van der Waals surface area contributed by atoms with Crippen molar-refractivity contribution in [3.8, 4) is 0 Å². The molecule has 0 radical (unpaired) electrons. The zero-order valence-electron chi connectivity index (χ0n) is 12.4. The zero-order chi connectivity index (χ0) is 14.5. The maximum Gasteiger partial charge on any atom is 0.0813 e. The van der Waals surface area contributed by atoms with E-state index < -0.39 is 6.10 Å². The Labute approximate surface area is 130 Å². The topological polar surface area (TPSA) is 26.7 Å². The molecule has 0 bridgehead atoms. The summed E-state index contributed by atoms with van der Waals surface area (Å²) in [5.74, 6) is 0. The fourth-order valence-corrected chi connectivity index (χ4v) is 3.46. The van der Waals surface area contributed by atoms with Gasteiger partial charge >= 0.3 is 0 Å². The molecule has 0 saturated carbocycles. The third kappa shape index (κ3) is 4.29. The maximum absolute atomic E-state index is 10.3. The first-order valence-electron chi connectivity index (χ1n) is 7.39. The quantitative estimate of drug-likeness (QED) is 0.892. The van der Waals surface area contributed by atoms with Crippen LogP contribution in [0.1, 0.15) is 30.9 Å². The second kappa shape index (κ2) is 7.55. The molecule has 0 amide bonds. The molecule has 1 aliphatic rings. The van der Waals surface area contributed by atoms with Gasteiger partial charge in [0.25, 0.3) is 0 Å². The number of likely N-dealkylation sites (N-methyl/N-ethyl adjacent to an activating group) is 2. The predicted molar refractivity (Wildman–Crippen MR) is 86.9 cm³/mol. The number of aliphatic hydroxyl groups is 1. The molecule has 112 valence electrons. The van der Waals surface area contributed by atoms with E-state index in [4.69, 9.17) is 0 Å². The average molecular weight is 341 g/mol. The van der Waals surface area contributed by atoms with E-state index in [1.54, 1.807) is 0 Å². The lowest BCUT2D eigenvalue weighted by atomic mass is 10.0. The van der Waals surface area contributed by atoms with E-state index in [1.165, 1.54) is 19.4 Å². The lowest BCUT2D eigenvalue weighted by molar-refractivity contribution is 0.104. The second-order valence-corrected chi connectivity index (χ2v) is 6.72. The molecule has 3 nitrogen and oxygen atoms in total. The van der Waals surface area contributed by atoms with Crippen LogP contribution in [0.5, 0.6) is 0 Å². The molecular formula is C16H25BrN2O. The van der Waals surface area contributed by atoms with Gasteiger partial charge in [-0.05, 0) is 51.5 Å². The van der Waals surface area contributed by atoms with Crippen LogP contribution in [0.4, 0.5) is 0 Å². The molecule has 1 fully saturated rings. The molecule has 2 rings (SSSR count). The Morgan fingerprint density at radius 2 is 2.20 bits per heavy atom. The third-order valence-corrected chi connectivity index (χ3v) is 4.96. The van der Waals surface area contributed by atoms with E-state index in [2.05, 4.69) is 39.8 Å². The molecule has 2 unspecified atom stereocenters. The van der Waals surface area contributed by atoms with Crippen LogP contribution >= 0.6 is 15.9 Å². The molecule has 4 heteroatoms. The minimum Gasteiger partial charge on any atom is -0.388 e. The summed E-state index contributed by atoms with van der Waals surface area (Å²) in [7, 11) is 4.37. The fourth-order valence-electron chi connectivity index (χ4n) is 2.91. The number of hydrogen-bond acceptors (Lipinski definition) is 3. The molecule has 0 spiro atoms. The van der Waals surface area contributed by atoms with Crippen molar-refractivity contribution >= 4 is 15.9 Å². The van der Waals surface area contributed by atoms with Crippen molar-refractivity contribution in [1.29, 1.82) is 0 Å². The molecule has 0 aliphatic carbocycles. The summed E-state index contributed by atoms with van der Waals surface area (Å²) >= 11 is 3.51. The van der Waals surface area contributed by atoms with Crippen molar-refractivity contribution in [2.24, 2.45) is 0 Å². The van der Waals surface area contributed by atoms with Gasteiger partial charge in [-0.25, -0.2) is 0 Å². The SMILES string of the molecule is CN1CCCC(N(C)CCC(O)c2ccccc2Br)C1. The van der Waals surface area contributed by atoms with Gasteiger partial charge in [0, 0.05) is 23.6 Å². The van der Waals surface area contributed by atoms with Crippen LogP contribution in [-0.4, -0.2) is 54.7 Å². The lowest BCUT2D eigenvalue weighted by Crippen LogP contribution is -2.45. The zero-order valence-corrected chi connectivity index (χ0v) is 14.0. The van der Waals surface area contributed by atoms with Crippen molar-refractivity contribution in [1.82, 2.24) is 9.80 Å². The van der Waals surface area contributed by atoms with E-state index in [0.717, 1.165) is 29.5 Å². The standard InChI is InChI=1S/C16H25BrN2O/c1-18-10-5-6-13(12-18)19(2)11-9-16(20)14-7-3-4-8-15(14)17/h3-4,7-8,13,16,20H,5-6,9-12H2,1-2H3. The number of nitrogens with zero attached hydrogens (tertiary/aromatic N) is 2. The predicted octanol–water partition coefficient (Wildman–Crippen LogP) is 2.90. The lowest BCUT2D eigenvalue weighted by Gasteiger charge is -2.36. The van der Waals surface area contributed by atoms with Gasteiger partial charge in [-0.1, -0.05) is 34.1 Å². The van der Waals surface area contributed by atoms with Crippen molar-refractivity contribution < 1.29 is 5.11 Å². The number of hydrogen-bond donors (Lipinski definition) is 1. The molecule has 0 aromatic heterocycles. The molecule has 1 saturated heterocycles. The first-order chi connectivity index (χ1) is 9.58. The summed E-state index contributed by atoms with van der Waals surface area (Å²) in [5, 5.41) is 10.3. The summed E-state index contributed by atoms with van der Waals surface area (Å²) < 4.78 is 0.993. The van der Waals surface area contributed by atoms with Crippen LogP contribution < -0.4 is 0 Å². The normalized spacial score (nSPS) is 22.1. The molecule has 1 heterocycles. The summed E-state index contributed by atoms with van der Waals surface area (Å²) in [4.78, 5) is 4.80.